The highest BCUT2D eigenvalue weighted by Crippen LogP contribution is 2.23. The molecule has 0 amide bonds. The van der Waals surface area contributed by atoms with Crippen molar-refractivity contribution >= 4 is 16.7 Å². The third kappa shape index (κ3) is 1.88. The minimum Gasteiger partial charge on any atom is -0.346 e. The van der Waals surface area contributed by atoms with E-state index < -0.39 is 0 Å². The molecule has 1 aromatic heterocycles. The molecule has 5 heteroatoms. The summed E-state index contributed by atoms with van der Waals surface area (Å²) in [6, 6.07) is 0.347. The van der Waals surface area contributed by atoms with Crippen molar-refractivity contribution < 1.29 is 0 Å². The Hall–Kier alpha value is -0.680. The van der Waals surface area contributed by atoms with Crippen LogP contribution in [0, 0.1) is 12.8 Å². The highest BCUT2D eigenvalue weighted by molar-refractivity contribution is 7.09. The van der Waals surface area contributed by atoms with Crippen LogP contribution in [0.1, 0.15) is 19.2 Å². The number of aryl methyl sites for hydroxylation is 1. The average molecular weight is 212 g/mol. The molecular formula is C9H16N4S. The molecule has 2 unspecified atom stereocenters. The molecule has 1 aliphatic heterocycles. The number of piperidine rings is 1. The quantitative estimate of drug-likeness (QED) is 0.755. The first-order valence-corrected chi connectivity index (χ1v) is 5.75. The number of hydrogen-bond donors (Lipinski definition) is 1. The molecule has 1 aromatic rings. The van der Waals surface area contributed by atoms with E-state index in [-0.39, 0.29) is 0 Å². The second-order valence-corrected chi connectivity index (χ2v) is 4.73. The van der Waals surface area contributed by atoms with Gasteiger partial charge in [-0.2, -0.15) is 4.37 Å². The van der Waals surface area contributed by atoms with E-state index in [2.05, 4.69) is 21.2 Å². The normalized spacial score (nSPS) is 28.1. The Morgan fingerprint density at radius 1 is 1.57 bits per heavy atom. The molecular weight excluding hydrogens is 196 g/mol. The van der Waals surface area contributed by atoms with Gasteiger partial charge in [0.2, 0.25) is 5.13 Å². The standard InChI is InChI=1S/C9H16N4S/c1-6-5-13(4-3-8(6)10)9-11-7(2)12-14-9/h6,8H,3-5,10H2,1-2H3. The van der Waals surface area contributed by atoms with Crippen molar-refractivity contribution in [1.82, 2.24) is 9.36 Å². The summed E-state index contributed by atoms with van der Waals surface area (Å²) in [6.07, 6.45) is 1.06. The lowest BCUT2D eigenvalue weighted by atomic mass is 9.95. The molecule has 2 N–H and O–H groups in total. The van der Waals surface area contributed by atoms with Crippen LogP contribution in [0.15, 0.2) is 0 Å². The zero-order chi connectivity index (χ0) is 10.1. The van der Waals surface area contributed by atoms with Gasteiger partial charge in [-0.25, -0.2) is 4.98 Å². The van der Waals surface area contributed by atoms with Crippen LogP contribution < -0.4 is 10.6 Å². The summed E-state index contributed by atoms with van der Waals surface area (Å²) in [7, 11) is 0. The molecule has 0 radical (unpaired) electrons. The number of hydrogen-bond acceptors (Lipinski definition) is 5. The van der Waals surface area contributed by atoms with E-state index in [1.165, 1.54) is 11.5 Å². The minimum absolute atomic E-state index is 0.347. The number of anilines is 1. The predicted molar refractivity (Wildman–Crippen MR) is 58.6 cm³/mol. The minimum atomic E-state index is 0.347. The smallest absolute Gasteiger partial charge is 0.205 e. The van der Waals surface area contributed by atoms with Gasteiger partial charge in [-0.15, -0.1) is 0 Å². The molecule has 2 heterocycles. The van der Waals surface area contributed by atoms with Gasteiger partial charge in [0.25, 0.3) is 0 Å². The van der Waals surface area contributed by atoms with E-state index in [1.807, 2.05) is 6.92 Å². The Morgan fingerprint density at radius 2 is 2.36 bits per heavy atom. The van der Waals surface area contributed by atoms with Gasteiger partial charge >= 0.3 is 0 Å². The molecule has 0 saturated carbocycles. The van der Waals surface area contributed by atoms with Crippen molar-refractivity contribution in [2.45, 2.75) is 26.3 Å². The highest BCUT2D eigenvalue weighted by Gasteiger charge is 2.24. The Bertz CT molecular complexity index is 312. The summed E-state index contributed by atoms with van der Waals surface area (Å²) in [5, 5.41) is 1.04. The third-order valence-corrected chi connectivity index (χ3v) is 3.63. The summed E-state index contributed by atoms with van der Waals surface area (Å²) in [6.45, 7) is 6.15. The maximum Gasteiger partial charge on any atom is 0.205 e. The van der Waals surface area contributed by atoms with Gasteiger partial charge in [0.1, 0.15) is 5.82 Å². The molecule has 1 aliphatic rings. The first kappa shape index (κ1) is 9.86. The fourth-order valence-electron chi connectivity index (χ4n) is 1.75. The maximum atomic E-state index is 5.96. The van der Waals surface area contributed by atoms with Gasteiger partial charge in [-0.3, -0.25) is 0 Å². The van der Waals surface area contributed by atoms with Crippen molar-refractivity contribution in [3.63, 3.8) is 0 Å². The van der Waals surface area contributed by atoms with Crippen LogP contribution in [-0.4, -0.2) is 28.5 Å². The molecule has 0 aromatic carbocycles. The van der Waals surface area contributed by atoms with Gasteiger partial charge in [0.05, 0.1) is 0 Å². The second kappa shape index (κ2) is 3.82. The summed E-state index contributed by atoms with van der Waals surface area (Å²) in [5.41, 5.74) is 5.96. The number of aromatic nitrogens is 2. The third-order valence-electron chi connectivity index (χ3n) is 2.76. The maximum absolute atomic E-state index is 5.96. The summed E-state index contributed by atoms with van der Waals surface area (Å²) < 4.78 is 4.19. The summed E-state index contributed by atoms with van der Waals surface area (Å²) in [4.78, 5) is 6.68. The molecule has 1 saturated heterocycles. The largest absolute Gasteiger partial charge is 0.346 e. The van der Waals surface area contributed by atoms with E-state index in [4.69, 9.17) is 5.73 Å². The second-order valence-electron chi connectivity index (χ2n) is 4.00. The van der Waals surface area contributed by atoms with Crippen LogP contribution in [0.4, 0.5) is 5.13 Å². The number of rotatable bonds is 1. The topological polar surface area (TPSA) is 55.0 Å². The van der Waals surface area contributed by atoms with Crippen molar-refractivity contribution in [2.24, 2.45) is 11.7 Å². The van der Waals surface area contributed by atoms with Crippen LogP contribution in [0.25, 0.3) is 0 Å². The van der Waals surface area contributed by atoms with Crippen molar-refractivity contribution in [3.8, 4) is 0 Å². The van der Waals surface area contributed by atoms with E-state index in [0.717, 1.165) is 30.5 Å². The van der Waals surface area contributed by atoms with Crippen molar-refractivity contribution in [1.29, 1.82) is 0 Å². The Labute approximate surface area is 88.3 Å². The monoisotopic (exact) mass is 212 g/mol. The molecule has 14 heavy (non-hydrogen) atoms. The lowest BCUT2D eigenvalue weighted by Crippen LogP contribution is -2.45. The Morgan fingerprint density at radius 3 is 2.93 bits per heavy atom. The SMILES string of the molecule is Cc1nsc(N2CCC(N)C(C)C2)n1. The van der Waals surface area contributed by atoms with Gasteiger partial charge in [0, 0.05) is 30.7 Å². The fraction of sp³-hybridized carbons (Fsp3) is 0.778. The van der Waals surface area contributed by atoms with Gasteiger partial charge in [0.15, 0.2) is 0 Å². The fourth-order valence-corrected chi connectivity index (χ4v) is 2.46. The van der Waals surface area contributed by atoms with Gasteiger partial charge in [-0.05, 0) is 19.3 Å². The molecule has 1 fully saturated rings. The molecule has 2 atom stereocenters. The van der Waals surface area contributed by atoms with Crippen molar-refractivity contribution in [3.05, 3.63) is 5.82 Å². The number of nitrogens with two attached hydrogens (primary N) is 1. The molecule has 0 aliphatic carbocycles. The lowest BCUT2D eigenvalue weighted by Gasteiger charge is -2.34. The Kier molecular flexibility index (Phi) is 2.69. The van der Waals surface area contributed by atoms with Crippen LogP contribution in [0.2, 0.25) is 0 Å². The average Bonchev–Trinajstić information content (AvgIpc) is 2.57. The highest BCUT2D eigenvalue weighted by atomic mass is 32.1. The van der Waals surface area contributed by atoms with Crippen LogP contribution in [0.5, 0.6) is 0 Å². The molecule has 2 rings (SSSR count). The van der Waals surface area contributed by atoms with Crippen LogP contribution >= 0.6 is 11.5 Å². The molecule has 0 bridgehead atoms. The number of nitrogens with zero attached hydrogens (tertiary/aromatic N) is 3. The predicted octanol–water partition coefficient (Wildman–Crippen LogP) is 1.02. The van der Waals surface area contributed by atoms with E-state index in [0.29, 0.717) is 12.0 Å². The Balaban J connectivity index is 2.06. The van der Waals surface area contributed by atoms with Crippen LogP contribution in [-0.2, 0) is 0 Å². The van der Waals surface area contributed by atoms with Gasteiger partial charge in [-0.1, -0.05) is 6.92 Å². The first-order chi connectivity index (χ1) is 6.66. The van der Waals surface area contributed by atoms with Crippen molar-refractivity contribution in [2.75, 3.05) is 18.0 Å². The molecule has 0 spiro atoms. The lowest BCUT2D eigenvalue weighted by molar-refractivity contribution is 0.382. The zero-order valence-corrected chi connectivity index (χ0v) is 9.42. The first-order valence-electron chi connectivity index (χ1n) is 4.97. The summed E-state index contributed by atoms with van der Waals surface area (Å²) in [5.74, 6) is 1.42. The van der Waals surface area contributed by atoms with Gasteiger partial charge < -0.3 is 10.6 Å². The van der Waals surface area contributed by atoms with E-state index in [9.17, 15) is 0 Å². The van der Waals surface area contributed by atoms with E-state index in [1.54, 1.807) is 0 Å². The van der Waals surface area contributed by atoms with E-state index >= 15 is 0 Å². The summed E-state index contributed by atoms with van der Waals surface area (Å²) >= 11 is 1.48. The molecule has 78 valence electrons. The van der Waals surface area contributed by atoms with Crippen LogP contribution in [0.3, 0.4) is 0 Å². The molecule has 4 nitrogen and oxygen atoms in total. The zero-order valence-electron chi connectivity index (χ0n) is 8.60.